The number of hydrogen-bond acceptors (Lipinski definition) is 5. The largest absolute Gasteiger partial charge is 0.478 e. The third-order valence-electron chi connectivity index (χ3n) is 5.17. The second kappa shape index (κ2) is 10.2. The van der Waals surface area contributed by atoms with Gasteiger partial charge in [-0.3, -0.25) is 9.59 Å². The van der Waals surface area contributed by atoms with Gasteiger partial charge in [-0.2, -0.15) is 0 Å². The summed E-state index contributed by atoms with van der Waals surface area (Å²) in [6.45, 7) is 6.58. The minimum absolute atomic E-state index is 0.0507. The zero-order valence-electron chi connectivity index (χ0n) is 19.5. The quantitative estimate of drug-likeness (QED) is 0.427. The fraction of sp³-hybridized carbons (Fsp3) is 0.222. The molecule has 0 fully saturated rings. The van der Waals surface area contributed by atoms with E-state index in [2.05, 4.69) is 5.32 Å². The molecular weight excluding hydrogens is 434 g/mol. The summed E-state index contributed by atoms with van der Waals surface area (Å²) in [4.78, 5) is 35.1. The molecule has 0 spiro atoms. The molecule has 1 amide bonds. The van der Waals surface area contributed by atoms with Crippen molar-refractivity contribution >= 4 is 17.7 Å². The highest BCUT2D eigenvalue weighted by Gasteiger charge is 2.29. The normalized spacial score (nSPS) is 10.9. The molecule has 0 atom stereocenters. The minimum Gasteiger partial charge on any atom is -0.478 e. The summed E-state index contributed by atoms with van der Waals surface area (Å²) >= 11 is 0. The molecule has 176 valence electrons. The van der Waals surface area contributed by atoms with Crippen LogP contribution in [0.15, 0.2) is 66.7 Å². The van der Waals surface area contributed by atoms with Crippen molar-refractivity contribution in [2.24, 2.45) is 0 Å². The molecule has 0 aliphatic carbocycles. The van der Waals surface area contributed by atoms with Crippen molar-refractivity contribution in [2.75, 3.05) is 0 Å². The van der Waals surface area contributed by atoms with Gasteiger partial charge in [0.25, 0.3) is 5.91 Å². The van der Waals surface area contributed by atoms with Crippen LogP contribution >= 0.6 is 0 Å². The average Bonchev–Trinajstić information content (AvgIpc) is 2.79. The van der Waals surface area contributed by atoms with E-state index in [9.17, 15) is 19.5 Å². The standard InChI is InChI=1S/C27H27NO6/c1-17-14-23(12-13-24(17)34-27(3,4)26(31)32)33-22-7-5-6-19(15-22)16-28-25(30)21-10-8-20(9-11-21)18(2)29/h5-15H,16H2,1-4H3,(H,28,30)(H,31,32). The number of carboxylic acids is 1. The molecule has 0 unspecified atom stereocenters. The fourth-order valence-corrected chi connectivity index (χ4v) is 3.11. The second-order valence-corrected chi connectivity index (χ2v) is 8.41. The lowest BCUT2D eigenvalue weighted by Crippen LogP contribution is -2.38. The summed E-state index contributed by atoms with van der Waals surface area (Å²) in [7, 11) is 0. The molecule has 0 heterocycles. The highest BCUT2D eigenvalue weighted by Crippen LogP contribution is 2.30. The highest BCUT2D eigenvalue weighted by molar-refractivity contribution is 5.97. The lowest BCUT2D eigenvalue weighted by molar-refractivity contribution is -0.152. The first kappa shape index (κ1) is 24.5. The van der Waals surface area contributed by atoms with E-state index in [0.717, 1.165) is 11.1 Å². The van der Waals surface area contributed by atoms with Crippen LogP contribution in [0, 0.1) is 6.92 Å². The summed E-state index contributed by atoms with van der Waals surface area (Å²) in [5, 5.41) is 12.1. The summed E-state index contributed by atoms with van der Waals surface area (Å²) in [6.07, 6.45) is 0. The fourth-order valence-electron chi connectivity index (χ4n) is 3.11. The van der Waals surface area contributed by atoms with E-state index in [1.807, 2.05) is 25.1 Å². The Kier molecular flexibility index (Phi) is 7.36. The van der Waals surface area contributed by atoms with Gasteiger partial charge in [0.1, 0.15) is 17.2 Å². The van der Waals surface area contributed by atoms with Gasteiger partial charge >= 0.3 is 5.97 Å². The maximum Gasteiger partial charge on any atom is 0.347 e. The molecule has 3 rings (SSSR count). The smallest absolute Gasteiger partial charge is 0.347 e. The van der Waals surface area contributed by atoms with Crippen molar-refractivity contribution in [2.45, 2.75) is 39.8 Å². The van der Waals surface area contributed by atoms with Gasteiger partial charge in [-0.1, -0.05) is 24.3 Å². The lowest BCUT2D eigenvalue weighted by atomic mass is 10.1. The van der Waals surface area contributed by atoms with E-state index >= 15 is 0 Å². The van der Waals surface area contributed by atoms with Crippen molar-refractivity contribution in [3.05, 3.63) is 89.0 Å². The lowest BCUT2D eigenvalue weighted by Gasteiger charge is -2.23. The zero-order valence-corrected chi connectivity index (χ0v) is 19.5. The first-order chi connectivity index (χ1) is 16.0. The Balaban J connectivity index is 1.63. The van der Waals surface area contributed by atoms with Crippen molar-refractivity contribution in [1.82, 2.24) is 5.32 Å². The molecule has 0 bridgehead atoms. The number of amides is 1. The predicted molar refractivity (Wildman–Crippen MR) is 128 cm³/mol. The highest BCUT2D eigenvalue weighted by atomic mass is 16.5. The molecule has 7 nitrogen and oxygen atoms in total. The topological polar surface area (TPSA) is 102 Å². The molecule has 7 heteroatoms. The SMILES string of the molecule is CC(=O)c1ccc(C(=O)NCc2cccc(Oc3ccc(OC(C)(C)C(=O)O)c(C)c3)c2)cc1. The molecule has 0 saturated carbocycles. The Morgan fingerprint density at radius 3 is 2.18 bits per heavy atom. The number of carbonyl (C=O) groups is 3. The van der Waals surface area contributed by atoms with Crippen LogP contribution in [0.4, 0.5) is 0 Å². The maximum absolute atomic E-state index is 12.4. The van der Waals surface area contributed by atoms with E-state index in [4.69, 9.17) is 9.47 Å². The summed E-state index contributed by atoms with van der Waals surface area (Å²) < 4.78 is 11.6. The molecule has 0 aromatic heterocycles. The van der Waals surface area contributed by atoms with E-state index in [0.29, 0.717) is 34.9 Å². The van der Waals surface area contributed by atoms with Crippen LogP contribution in [-0.2, 0) is 11.3 Å². The van der Waals surface area contributed by atoms with E-state index < -0.39 is 11.6 Å². The number of carboxylic acid groups (broad SMARTS) is 1. The number of aliphatic carboxylic acids is 1. The number of Topliss-reactive ketones (excluding diaryl/α,β-unsaturated/α-hetero) is 1. The summed E-state index contributed by atoms with van der Waals surface area (Å²) in [5.74, 6) is 0.292. The molecule has 3 aromatic carbocycles. The molecule has 0 aliphatic rings. The van der Waals surface area contributed by atoms with E-state index in [-0.39, 0.29) is 11.7 Å². The third-order valence-corrected chi connectivity index (χ3v) is 5.17. The van der Waals surface area contributed by atoms with E-state index in [1.54, 1.807) is 48.5 Å². The average molecular weight is 462 g/mol. The van der Waals surface area contributed by atoms with Crippen LogP contribution in [-0.4, -0.2) is 28.4 Å². The Morgan fingerprint density at radius 2 is 1.56 bits per heavy atom. The molecule has 2 N–H and O–H groups in total. The van der Waals surface area contributed by atoms with Crippen LogP contribution < -0.4 is 14.8 Å². The molecule has 34 heavy (non-hydrogen) atoms. The van der Waals surface area contributed by atoms with Gasteiger partial charge in [-0.15, -0.1) is 0 Å². The van der Waals surface area contributed by atoms with Gasteiger partial charge in [-0.25, -0.2) is 4.79 Å². The molecule has 0 saturated heterocycles. The Bertz CT molecular complexity index is 1210. The molecule has 0 aliphatic heterocycles. The molecule has 0 radical (unpaired) electrons. The second-order valence-electron chi connectivity index (χ2n) is 8.41. The number of nitrogens with one attached hydrogen (secondary N) is 1. The van der Waals surface area contributed by atoms with Gasteiger partial charge in [0.2, 0.25) is 0 Å². The van der Waals surface area contributed by atoms with Gasteiger partial charge in [0.05, 0.1) is 0 Å². The van der Waals surface area contributed by atoms with Crippen LogP contribution in [0.1, 0.15) is 52.6 Å². The van der Waals surface area contributed by atoms with Crippen LogP contribution in [0.5, 0.6) is 17.2 Å². The first-order valence-electron chi connectivity index (χ1n) is 10.7. The van der Waals surface area contributed by atoms with E-state index in [1.165, 1.54) is 20.8 Å². The Morgan fingerprint density at radius 1 is 0.912 bits per heavy atom. The third kappa shape index (κ3) is 6.22. The number of aryl methyl sites for hydroxylation is 1. The number of ether oxygens (including phenoxy) is 2. The number of ketones is 1. The monoisotopic (exact) mass is 461 g/mol. The number of hydrogen-bond donors (Lipinski definition) is 2. The predicted octanol–water partition coefficient (Wildman–Crippen LogP) is 5.16. The van der Waals surface area contributed by atoms with Crippen LogP contribution in [0.25, 0.3) is 0 Å². The van der Waals surface area contributed by atoms with Crippen molar-refractivity contribution in [1.29, 1.82) is 0 Å². The maximum atomic E-state index is 12.4. The summed E-state index contributed by atoms with van der Waals surface area (Å²) in [5.41, 5.74) is 1.28. The minimum atomic E-state index is -1.35. The van der Waals surface area contributed by atoms with Gasteiger partial charge in [-0.05, 0) is 81.3 Å². The van der Waals surface area contributed by atoms with Gasteiger partial charge in [0.15, 0.2) is 11.4 Å². The van der Waals surface area contributed by atoms with Gasteiger partial charge < -0.3 is 19.9 Å². The van der Waals surface area contributed by atoms with Crippen molar-refractivity contribution in [3.63, 3.8) is 0 Å². The van der Waals surface area contributed by atoms with Gasteiger partial charge in [0, 0.05) is 17.7 Å². The molecule has 3 aromatic rings. The van der Waals surface area contributed by atoms with Crippen molar-refractivity contribution in [3.8, 4) is 17.2 Å². The zero-order chi connectivity index (χ0) is 24.9. The number of benzene rings is 3. The Labute approximate surface area is 198 Å². The van der Waals surface area contributed by atoms with Crippen LogP contribution in [0.2, 0.25) is 0 Å². The number of rotatable bonds is 9. The first-order valence-corrected chi connectivity index (χ1v) is 10.7. The Hall–Kier alpha value is -4.13. The van der Waals surface area contributed by atoms with Crippen molar-refractivity contribution < 1.29 is 29.0 Å². The van der Waals surface area contributed by atoms with Crippen LogP contribution in [0.3, 0.4) is 0 Å². The summed E-state index contributed by atoms with van der Waals surface area (Å²) in [6, 6.07) is 19.0. The molecular formula is C27H27NO6. The number of carbonyl (C=O) groups excluding carboxylic acids is 2.